The molecule has 0 radical (unpaired) electrons. The molecule has 0 atom stereocenters. The zero-order chi connectivity index (χ0) is 19.7. The number of carbonyl (C=O) groups excluding carboxylic acids is 2. The summed E-state index contributed by atoms with van der Waals surface area (Å²) >= 11 is 0. The predicted molar refractivity (Wildman–Crippen MR) is 103 cm³/mol. The van der Waals surface area contributed by atoms with Gasteiger partial charge in [-0.3, -0.25) is 14.5 Å². The van der Waals surface area contributed by atoms with E-state index in [-0.39, 0.29) is 24.3 Å². The quantitative estimate of drug-likeness (QED) is 0.777. The smallest absolute Gasteiger partial charge is 0.277 e. The molecule has 0 bridgehead atoms. The van der Waals surface area contributed by atoms with Crippen molar-refractivity contribution in [2.75, 3.05) is 25.8 Å². The molecule has 2 aromatic rings. The van der Waals surface area contributed by atoms with Crippen LogP contribution in [0.4, 0.5) is 5.69 Å². The van der Waals surface area contributed by atoms with E-state index in [0.717, 1.165) is 17.1 Å². The highest BCUT2D eigenvalue weighted by Gasteiger charge is 2.37. The number of rotatable bonds is 6. The Morgan fingerprint density at radius 1 is 1.04 bits per heavy atom. The molecule has 0 saturated carbocycles. The van der Waals surface area contributed by atoms with E-state index in [4.69, 9.17) is 14.2 Å². The third kappa shape index (κ3) is 3.15. The first-order chi connectivity index (χ1) is 13.6. The maximum Gasteiger partial charge on any atom is 0.277 e. The van der Waals surface area contributed by atoms with Crippen LogP contribution in [0.2, 0.25) is 0 Å². The number of amides is 2. The molecule has 0 aliphatic carbocycles. The number of likely N-dealkylation sites (N-methyl/N-ethyl adjacent to an activating group) is 1. The summed E-state index contributed by atoms with van der Waals surface area (Å²) in [5.74, 6) is 1.23. The van der Waals surface area contributed by atoms with Crippen LogP contribution in [-0.4, -0.2) is 37.2 Å². The number of anilines is 1. The van der Waals surface area contributed by atoms with Gasteiger partial charge in [0.15, 0.2) is 11.5 Å². The molecule has 2 aliphatic heterocycles. The second-order valence-corrected chi connectivity index (χ2v) is 6.49. The predicted octanol–water partition coefficient (Wildman–Crippen LogP) is 3.03. The van der Waals surface area contributed by atoms with E-state index in [0.29, 0.717) is 34.9 Å². The lowest BCUT2D eigenvalue weighted by Gasteiger charge is -2.10. The largest absolute Gasteiger partial charge is 0.494 e. The van der Waals surface area contributed by atoms with Crippen LogP contribution in [0.5, 0.6) is 17.2 Å². The second-order valence-electron chi connectivity index (χ2n) is 6.49. The van der Waals surface area contributed by atoms with Gasteiger partial charge in [-0.25, -0.2) is 0 Å². The number of ether oxygens (including phenoxy) is 3. The van der Waals surface area contributed by atoms with Crippen molar-refractivity contribution in [3.05, 3.63) is 53.7 Å². The minimum Gasteiger partial charge on any atom is -0.494 e. The molecule has 144 valence electrons. The Labute approximate surface area is 162 Å². The molecule has 0 unspecified atom stereocenters. The normalized spacial score (nSPS) is 15.4. The van der Waals surface area contributed by atoms with Crippen LogP contribution in [0.1, 0.15) is 18.9 Å². The van der Waals surface area contributed by atoms with Crippen LogP contribution >= 0.6 is 0 Å². The zero-order valence-electron chi connectivity index (χ0n) is 15.7. The van der Waals surface area contributed by atoms with Gasteiger partial charge in [-0.05, 0) is 36.2 Å². The molecule has 0 saturated heterocycles. The molecule has 4 rings (SSSR count). The van der Waals surface area contributed by atoms with Gasteiger partial charge in [-0.2, -0.15) is 0 Å². The summed E-state index contributed by atoms with van der Waals surface area (Å²) in [6, 6.07) is 12.4. The molecule has 2 aliphatic rings. The Kier molecular flexibility index (Phi) is 4.65. The van der Waals surface area contributed by atoms with Crippen molar-refractivity contribution < 1.29 is 23.8 Å². The van der Waals surface area contributed by atoms with E-state index >= 15 is 0 Å². The highest BCUT2D eigenvalue weighted by molar-refractivity contribution is 6.36. The molecule has 2 aromatic carbocycles. The molecule has 0 fully saturated rings. The number of imide groups is 1. The maximum atomic E-state index is 12.7. The Morgan fingerprint density at radius 2 is 1.79 bits per heavy atom. The monoisotopic (exact) mass is 380 g/mol. The number of fused-ring (bicyclic) bond motifs is 1. The topological polar surface area (TPSA) is 77.1 Å². The highest BCUT2D eigenvalue weighted by atomic mass is 16.7. The third-order valence-corrected chi connectivity index (χ3v) is 4.54. The Balaban J connectivity index is 1.67. The van der Waals surface area contributed by atoms with Crippen LogP contribution in [-0.2, 0) is 9.59 Å². The van der Waals surface area contributed by atoms with Crippen molar-refractivity contribution >= 4 is 23.1 Å². The fourth-order valence-corrected chi connectivity index (χ4v) is 3.08. The molecular formula is C21H20N2O5. The van der Waals surface area contributed by atoms with E-state index in [1.165, 1.54) is 7.05 Å². The number of nitrogens with one attached hydrogen (secondary N) is 1. The third-order valence-electron chi connectivity index (χ3n) is 4.54. The summed E-state index contributed by atoms with van der Waals surface area (Å²) in [4.78, 5) is 26.4. The van der Waals surface area contributed by atoms with E-state index in [1.807, 2.05) is 6.92 Å². The van der Waals surface area contributed by atoms with Gasteiger partial charge in [-0.15, -0.1) is 0 Å². The van der Waals surface area contributed by atoms with Crippen molar-refractivity contribution in [1.82, 2.24) is 4.90 Å². The molecule has 0 aromatic heterocycles. The summed E-state index contributed by atoms with van der Waals surface area (Å²) in [6.45, 7) is 2.82. The van der Waals surface area contributed by atoms with Crippen molar-refractivity contribution in [3.63, 3.8) is 0 Å². The van der Waals surface area contributed by atoms with E-state index in [2.05, 4.69) is 5.32 Å². The Bertz CT molecular complexity index is 965. The van der Waals surface area contributed by atoms with Gasteiger partial charge in [-0.1, -0.05) is 19.1 Å². The van der Waals surface area contributed by atoms with Gasteiger partial charge in [0.1, 0.15) is 11.4 Å². The van der Waals surface area contributed by atoms with Crippen molar-refractivity contribution in [2.45, 2.75) is 13.3 Å². The maximum absolute atomic E-state index is 12.7. The fourth-order valence-electron chi connectivity index (χ4n) is 3.08. The van der Waals surface area contributed by atoms with Gasteiger partial charge in [0, 0.05) is 18.8 Å². The Morgan fingerprint density at radius 3 is 2.54 bits per heavy atom. The minimum absolute atomic E-state index is 0.166. The summed E-state index contributed by atoms with van der Waals surface area (Å²) < 4.78 is 16.3. The van der Waals surface area contributed by atoms with Crippen molar-refractivity contribution in [2.24, 2.45) is 0 Å². The number of nitrogens with zero attached hydrogens (tertiary/aromatic N) is 1. The number of benzene rings is 2. The standard InChI is InChI=1S/C21H20N2O5/c1-3-10-26-15-7-4-13(5-8-15)18-19(21(25)23(2)20(18)24)22-14-6-9-16-17(11-14)28-12-27-16/h4-9,11,22H,3,10,12H2,1-2H3. The molecule has 0 spiro atoms. The number of hydrogen-bond acceptors (Lipinski definition) is 6. The summed E-state index contributed by atoms with van der Waals surface area (Å²) in [5.41, 5.74) is 1.84. The van der Waals surface area contributed by atoms with Crippen LogP contribution in [0, 0.1) is 0 Å². The van der Waals surface area contributed by atoms with Crippen LogP contribution in [0.15, 0.2) is 48.2 Å². The average molecular weight is 380 g/mol. The van der Waals surface area contributed by atoms with E-state index in [1.54, 1.807) is 42.5 Å². The van der Waals surface area contributed by atoms with Gasteiger partial charge in [0.05, 0.1) is 12.2 Å². The van der Waals surface area contributed by atoms with Gasteiger partial charge < -0.3 is 19.5 Å². The molecule has 28 heavy (non-hydrogen) atoms. The lowest BCUT2D eigenvalue weighted by molar-refractivity contribution is -0.135. The lowest BCUT2D eigenvalue weighted by Crippen LogP contribution is -2.27. The molecule has 2 amide bonds. The van der Waals surface area contributed by atoms with E-state index in [9.17, 15) is 9.59 Å². The Hall–Kier alpha value is -3.48. The summed E-state index contributed by atoms with van der Waals surface area (Å²) in [6.07, 6.45) is 0.911. The average Bonchev–Trinajstić information content (AvgIpc) is 3.26. The summed E-state index contributed by atoms with van der Waals surface area (Å²) in [7, 11) is 1.47. The van der Waals surface area contributed by atoms with Crippen molar-refractivity contribution in [3.8, 4) is 17.2 Å². The molecular weight excluding hydrogens is 360 g/mol. The van der Waals surface area contributed by atoms with Crippen LogP contribution in [0.3, 0.4) is 0 Å². The molecule has 1 N–H and O–H groups in total. The van der Waals surface area contributed by atoms with Gasteiger partial charge in [0.2, 0.25) is 6.79 Å². The fraction of sp³-hybridized carbons (Fsp3) is 0.238. The lowest BCUT2D eigenvalue weighted by atomic mass is 10.0. The van der Waals surface area contributed by atoms with Crippen LogP contribution < -0.4 is 19.5 Å². The number of carbonyl (C=O) groups is 2. The SMILES string of the molecule is CCCOc1ccc(C2=C(Nc3ccc4c(c3)OCO4)C(=O)N(C)C2=O)cc1. The summed E-state index contributed by atoms with van der Waals surface area (Å²) in [5, 5.41) is 3.08. The molecule has 7 nitrogen and oxygen atoms in total. The molecule has 2 heterocycles. The molecule has 7 heteroatoms. The second kappa shape index (κ2) is 7.26. The van der Waals surface area contributed by atoms with Crippen molar-refractivity contribution in [1.29, 1.82) is 0 Å². The first-order valence-electron chi connectivity index (χ1n) is 9.05. The first-order valence-corrected chi connectivity index (χ1v) is 9.05. The van der Waals surface area contributed by atoms with Crippen LogP contribution in [0.25, 0.3) is 5.57 Å². The highest BCUT2D eigenvalue weighted by Crippen LogP contribution is 2.36. The van der Waals surface area contributed by atoms with Gasteiger partial charge in [0.25, 0.3) is 11.8 Å². The van der Waals surface area contributed by atoms with Gasteiger partial charge >= 0.3 is 0 Å². The van der Waals surface area contributed by atoms with E-state index < -0.39 is 0 Å². The first kappa shape index (κ1) is 17.9. The number of hydrogen-bond donors (Lipinski definition) is 1. The minimum atomic E-state index is -0.385. The zero-order valence-corrected chi connectivity index (χ0v) is 15.7.